The number of pyridine rings is 1. The van der Waals surface area contributed by atoms with Gasteiger partial charge < -0.3 is 0 Å². The van der Waals surface area contributed by atoms with Crippen molar-refractivity contribution in [3.63, 3.8) is 0 Å². The predicted octanol–water partition coefficient (Wildman–Crippen LogP) is 13.1. The molecule has 1 aromatic heterocycles. The summed E-state index contributed by atoms with van der Waals surface area (Å²) in [5.74, 6) is 0. The van der Waals surface area contributed by atoms with Crippen LogP contribution in [0.25, 0.3) is 55.9 Å². The van der Waals surface area contributed by atoms with Crippen molar-refractivity contribution in [1.82, 2.24) is 4.98 Å². The molecular weight excluding hydrogens is 675 g/mol. The van der Waals surface area contributed by atoms with Gasteiger partial charge in [0.1, 0.15) is 0 Å². The van der Waals surface area contributed by atoms with Gasteiger partial charge in [-0.15, -0.1) is 0 Å². The van der Waals surface area contributed by atoms with Crippen molar-refractivity contribution < 1.29 is 0 Å². The van der Waals surface area contributed by atoms with E-state index >= 15 is 0 Å². The topological polar surface area (TPSA) is 12.9 Å². The third kappa shape index (κ3) is 3.97. The van der Waals surface area contributed by atoms with E-state index in [1.807, 2.05) is 0 Å². The van der Waals surface area contributed by atoms with Crippen molar-refractivity contribution in [1.29, 1.82) is 0 Å². The monoisotopic (exact) mass is 709 g/mol. The Hall–Kier alpha value is -7.09. The van der Waals surface area contributed by atoms with Gasteiger partial charge in [-0.3, -0.25) is 0 Å². The van der Waals surface area contributed by atoms with Crippen molar-refractivity contribution in [2.75, 3.05) is 0 Å². The number of hydrogen-bond donors (Lipinski definition) is 0. The van der Waals surface area contributed by atoms with Crippen LogP contribution in [0.1, 0.15) is 44.5 Å². The van der Waals surface area contributed by atoms with E-state index in [1.54, 1.807) is 0 Å². The van der Waals surface area contributed by atoms with Crippen LogP contribution in [-0.2, 0) is 10.8 Å². The van der Waals surface area contributed by atoms with Crippen molar-refractivity contribution in [2.24, 2.45) is 0 Å². The van der Waals surface area contributed by atoms with Crippen molar-refractivity contribution >= 4 is 0 Å². The van der Waals surface area contributed by atoms with Crippen LogP contribution >= 0.6 is 0 Å². The minimum absolute atomic E-state index is 0.482. The van der Waals surface area contributed by atoms with Gasteiger partial charge in [0.15, 0.2) is 0 Å². The average Bonchev–Trinajstić information content (AvgIpc) is 3.76. The number of nitrogens with zero attached hydrogens (tertiary/aromatic N) is 1. The molecule has 0 saturated carbocycles. The summed E-state index contributed by atoms with van der Waals surface area (Å²) < 4.78 is 0. The van der Waals surface area contributed by atoms with Crippen LogP contribution in [0, 0.1) is 0 Å². The first kappa shape index (κ1) is 31.3. The Balaban J connectivity index is 1.24. The fourth-order valence-corrected chi connectivity index (χ4v) is 10.7. The van der Waals surface area contributed by atoms with E-state index in [0.717, 1.165) is 28.1 Å². The Labute approximate surface area is 327 Å². The molecule has 3 aliphatic carbocycles. The molecule has 12 rings (SSSR count). The molecule has 0 radical (unpaired) electrons. The highest BCUT2D eigenvalue weighted by Gasteiger charge is 2.60. The molecule has 260 valence electrons. The summed E-state index contributed by atoms with van der Waals surface area (Å²) >= 11 is 0. The second kappa shape index (κ2) is 11.7. The van der Waals surface area contributed by atoms with Crippen LogP contribution in [0.2, 0.25) is 0 Å². The molecule has 1 heterocycles. The molecule has 2 unspecified atom stereocenters. The Morgan fingerprint density at radius 2 is 0.714 bits per heavy atom. The molecule has 0 bridgehead atoms. The quantitative estimate of drug-likeness (QED) is 0.177. The SMILES string of the molecule is c1ccc(-c2cc(-c3ccccc3)nc(-c3cccc4c3C3(c5ccccc5-4)c4ccccc4C4(c5ccccc5)c5ccccc5-c5cccc3c54)c2)cc1. The smallest absolute Gasteiger partial charge is 0.0726 e. The molecule has 0 amide bonds. The van der Waals surface area contributed by atoms with Gasteiger partial charge in [-0.1, -0.05) is 200 Å². The molecule has 1 heteroatoms. The van der Waals surface area contributed by atoms with E-state index in [0.29, 0.717) is 0 Å². The van der Waals surface area contributed by atoms with Crippen LogP contribution in [-0.4, -0.2) is 4.98 Å². The first-order valence-corrected chi connectivity index (χ1v) is 19.6. The first-order valence-electron chi connectivity index (χ1n) is 19.6. The van der Waals surface area contributed by atoms with E-state index in [4.69, 9.17) is 4.98 Å². The maximum atomic E-state index is 5.57. The number of benzene rings is 8. The predicted molar refractivity (Wildman–Crippen MR) is 229 cm³/mol. The summed E-state index contributed by atoms with van der Waals surface area (Å²) in [5, 5.41) is 0. The van der Waals surface area contributed by atoms with Crippen LogP contribution in [0.3, 0.4) is 0 Å². The third-order valence-electron chi connectivity index (χ3n) is 12.7. The summed E-state index contributed by atoms with van der Waals surface area (Å²) in [6, 6.07) is 78.7. The molecule has 0 saturated heterocycles. The first-order chi connectivity index (χ1) is 27.8. The molecule has 1 nitrogen and oxygen atoms in total. The highest BCUT2D eigenvalue weighted by Crippen LogP contribution is 2.69. The maximum Gasteiger partial charge on any atom is 0.0726 e. The van der Waals surface area contributed by atoms with Gasteiger partial charge in [0.05, 0.1) is 22.2 Å². The summed E-state index contributed by atoms with van der Waals surface area (Å²) in [4.78, 5) is 5.57. The fourth-order valence-electron chi connectivity index (χ4n) is 10.7. The van der Waals surface area contributed by atoms with Gasteiger partial charge in [-0.05, 0) is 90.0 Å². The summed E-state index contributed by atoms with van der Waals surface area (Å²) in [7, 11) is 0. The zero-order valence-corrected chi connectivity index (χ0v) is 30.7. The summed E-state index contributed by atoms with van der Waals surface area (Å²) in [6.45, 7) is 0. The van der Waals surface area contributed by atoms with Crippen molar-refractivity contribution in [3.05, 3.63) is 257 Å². The fraction of sp³-hybridized carbons (Fsp3) is 0.0364. The molecule has 1 spiro atoms. The molecule has 56 heavy (non-hydrogen) atoms. The molecule has 0 aliphatic heterocycles. The Morgan fingerprint density at radius 1 is 0.268 bits per heavy atom. The minimum atomic E-state index is -0.609. The highest BCUT2D eigenvalue weighted by atomic mass is 14.7. The summed E-state index contributed by atoms with van der Waals surface area (Å²) in [5.41, 5.74) is 21.3. The molecule has 0 fully saturated rings. The number of aromatic nitrogens is 1. The van der Waals surface area contributed by atoms with Gasteiger partial charge in [-0.2, -0.15) is 0 Å². The number of hydrogen-bond acceptors (Lipinski definition) is 1. The van der Waals surface area contributed by atoms with E-state index in [2.05, 4.69) is 212 Å². The van der Waals surface area contributed by atoms with E-state index < -0.39 is 10.8 Å². The molecule has 2 atom stereocenters. The van der Waals surface area contributed by atoms with Crippen LogP contribution in [0.15, 0.2) is 212 Å². The minimum Gasteiger partial charge on any atom is -0.248 e. The van der Waals surface area contributed by atoms with Crippen LogP contribution in [0.4, 0.5) is 0 Å². The second-order valence-electron chi connectivity index (χ2n) is 15.3. The van der Waals surface area contributed by atoms with Crippen LogP contribution in [0.5, 0.6) is 0 Å². The third-order valence-corrected chi connectivity index (χ3v) is 12.7. The molecule has 3 aliphatic rings. The van der Waals surface area contributed by atoms with Gasteiger partial charge in [0, 0.05) is 11.1 Å². The van der Waals surface area contributed by atoms with Gasteiger partial charge in [0.25, 0.3) is 0 Å². The number of rotatable bonds is 4. The average molecular weight is 710 g/mol. The molecule has 0 N–H and O–H groups in total. The Kier molecular flexibility index (Phi) is 6.54. The lowest BCUT2D eigenvalue weighted by atomic mass is 9.52. The highest BCUT2D eigenvalue weighted by molar-refractivity contribution is 5.98. The van der Waals surface area contributed by atoms with Crippen LogP contribution < -0.4 is 0 Å². The maximum absolute atomic E-state index is 5.57. The lowest BCUT2D eigenvalue weighted by molar-refractivity contribution is 0.636. The van der Waals surface area contributed by atoms with Gasteiger partial charge in [0.2, 0.25) is 0 Å². The second-order valence-corrected chi connectivity index (χ2v) is 15.3. The lowest BCUT2D eigenvalue weighted by Crippen LogP contribution is -2.43. The molecular formula is C55H35N. The normalized spacial score (nSPS) is 17.8. The Morgan fingerprint density at radius 3 is 1.39 bits per heavy atom. The van der Waals surface area contributed by atoms with E-state index in [1.165, 1.54) is 72.3 Å². The molecule has 8 aromatic carbocycles. The summed E-state index contributed by atoms with van der Waals surface area (Å²) in [6.07, 6.45) is 0. The lowest BCUT2D eigenvalue weighted by Gasteiger charge is -2.48. The Bertz CT molecular complexity index is 2960. The zero-order valence-electron chi connectivity index (χ0n) is 30.7. The number of fused-ring (bicyclic) bond motifs is 12. The van der Waals surface area contributed by atoms with Gasteiger partial charge >= 0.3 is 0 Å². The van der Waals surface area contributed by atoms with E-state index in [-0.39, 0.29) is 0 Å². The van der Waals surface area contributed by atoms with Crippen molar-refractivity contribution in [3.8, 4) is 55.9 Å². The van der Waals surface area contributed by atoms with Crippen molar-refractivity contribution in [2.45, 2.75) is 10.8 Å². The van der Waals surface area contributed by atoms with E-state index in [9.17, 15) is 0 Å². The van der Waals surface area contributed by atoms with Gasteiger partial charge in [-0.25, -0.2) is 4.98 Å². The standard InChI is InChI=1S/C55H35N/c1-4-18-36(19-5-1)38-34-50(37-20-6-2-7-21-37)56-51(35-38)44-28-16-26-42-40-24-11-13-30-46(40)55(52(42)44)48-32-15-14-31-47(48)54(39-22-8-3-9-23-39)45-29-12-10-25-41(45)43-27-17-33-49(55)53(43)54/h1-35H. The molecule has 9 aromatic rings. The zero-order chi connectivity index (χ0) is 36.8. The largest absolute Gasteiger partial charge is 0.248 e.